The van der Waals surface area contributed by atoms with Crippen LogP contribution in [0.2, 0.25) is 0 Å². The molecule has 2 rings (SSSR count). The molecule has 0 radical (unpaired) electrons. The van der Waals surface area contributed by atoms with Crippen LogP contribution in [-0.2, 0) is 16.0 Å². The first kappa shape index (κ1) is 19.0. The molecule has 1 aliphatic rings. The molecule has 5 N–H and O–H groups in total. The van der Waals surface area contributed by atoms with Crippen molar-refractivity contribution in [3.8, 4) is 0 Å². The molecule has 0 unspecified atom stereocenters. The highest BCUT2D eigenvalue weighted by molar-refractivity contribution is 5.79. The van der Waals surface area contributed by atoms with Gasteiger partial charge in [-0.15, -0.1) is 0 Å². The van der Waals surface area contributed by atoms with E-state index in [2.05, 4.69) is 15.2 Å². The van der Waals surface area contributed by atoms with E-state index in [-0.39, 0.29) is 30.3 Å². The average Bonchev–Trinajstić information content (AvgIpc) is 2.47. The number of nitrogens with one attached hydrogen (secondary N) is 1. The predicted octanol–water partition coefficient (Wildman–Crippen LogP) is -0.272. The van der Waals surface area contributed by atoms with Gasteiger partial charge in [0.05, 0.1) is 24.3 Å². The molecule has 8 heteroatoms. The van der Waals surface area contributed by atoms with Gasteiger partial charge in [0.1, 0.15) is 0 Å². The summed E-state index contributed by atoms with van der Waals surface area (Å²) in [7, 11) is 0. The van der Waals surface area contributed by atoms with Crippen molar-refractivity contribution in [3.63, 3.8) is 0 Å². The lowest BCUT2D eigenvalue weighted by Gasteiger charge is -2.35. The minimum Gasteiger partial charge on any atom is -0.396 e. The number of nitrogens with zero attached hydrogens (tertiary/aromatic N) is 3. The maximum atomic E-state index is 12.1. The zero-order chi connectivity index (χ0) is 18.6. The zero-order valence-corrected chi connectivity index (χ0v) is 15.2. The topological polar surface area (TPSA) is 118 Å². The van der Waals surface area contributed by atoms with Crippen molar-refractivity contribution in [3.05, 3.63) is 17.8 Å². The first-order valence-electron chi connectivity index (χ1n) is 8.46. The van der Waals surface area contributed by atoms with Gasteiger partial charge >= 0.3 is 0 Å². The van der Waals surface area contributed by atoms with Crippen molar-refractivity contribution >= 4 is 23.3 Å². The smallest absolute Gasteiger partial charge is 0.231 e. The molecule has 1 fully saturated rings. The van der Waals surface area contributed by atoms with Crippen molar-refractivity contribution < 1.29 is 9.59 Å². The van der Waals surface area contributed by atoms with E-state index in [1.165, 1.54) is 0 Å². The van der Waals surface area contributed by atoms with Gasteiger partial charge < -0.3 is 21.7 Å². The molecule has 1 aliphatic heterocycles. The molecule has 8 nitrogen and oxygen atoms in total. The number of nitrogens with two attached hydrogens (primary N) is 2. The summed E-state index contributed by atoms with van der Waals surface area (Å²) in [5.41, 5.74) is 12.3. The number of rotatable bonds is 5. The van der Waals surface area contributed by atoms with E-state index in [4.69, 9.17) is 11.5 Å². The molecule has 0 atom stereocenters. The molecule has 0 saturated carbocycles. The third kappa shape index (κ3) is 5.90. The van der Waals surface area contributed by atoms with Gasteiger partial charge in [-0.1, -0.05) is 0 Å². The van der Waals surface area contributed by atoms with Gasteiger partial charge in [-0.3, -0.25) is 14.5 Å². The Kier molecular flexibility index (Phi) is 5.84. The number of primary amides is 1. The van der Waals surface area contributed by atoms with E-state index in [1.54, 1.807) is 12.1 Å². The minimum atomic E-state index is -0.321. The molecule has 0 aromatic carbocycles. The van der Waals surface area contributed by atoms with Gasteiger partial charge in [-0.25, -0.2) is 4.98 Å². The van der Waals surface area contributed by atoms with Crippen LogP contribution in [0.25, 0.3) is 0 Å². The maximum Gasteiger partial charge on any atom is 0.231 e. The summed E-state index contributed by atoms with van der Waals surface area (Å²) in [5, 5.41) is 2.93. The van der Waals surface area contributed by atoms with Crippen LogP contribution in [0.4, 0.5) is 11.5 Å². The summed E-state index contributed by atoms with van der Waals surface area (Å²) in [4.78, 5) is 31.8. The van der Waals surface area contributed by atoms with Crippen LogP contribution in [0.1, 0.15) is 26.5 Å². The molecule has 138 valence electrons. The standard InChI is InChI=1S/C17H28N6O2/c1-17(2,3)21-15(25)10-12-4-5-13(18)16(20-12)23-8-6-22(7-9-23)11-14(19)24/h4-5H,6-11,18H2,1-3H3,(H2,19,24)(H,21,25). The van der Waals surface area contributed by atoms with Crippen LogP contribution in [-0.4, -0.2) is 60.0 Å². The normalized spacial score (nSPS) is 15.9. The van der Waals surface area contributed by atoms with E-state index >= 15 is 0 Å². The summed E-state index contributed by atoms with van der Waals surface area (Å²) in [5.74, 6) is 0.305. The van der Waals surface area contributed by atoms with E-state index in [1.807, 2.05) is 25.7 Å². The highest BCUT2D eigenvalue weighted by atomic mass is 16.2. The highest BCUT2D eigenvalue weighted by Crippen LogP contribution is 2.22. The lowest BCUT2D eigenvalue weighted by Crippen LogP contribution is -2.49. The molecule has 1 aromatic heterocycles. The number of carbonyl (C=O) groups is 2. The minimum absolute atomic E-state index is 0.0676. The molecule has 2 amide bonds. The highest BCUT2D eigenvalue weighted by Gasteiger charge is 2.21. The second-order valence-corrected chi connectivity index (χ2v) is 7.42. The molecule has 1 saturated heterocycles. The second-order valence-electron chi connectivity index (χ2n) is 7.42. The quantitative estimate of drug-likeness (QED) is 0.674. The predicted molar refractivity (Wildman–Crippen MR) is 98.1 cm³/mol. The molecule has 25 heavy (non-hydrogen) atoms. The van der Waals surface area contributed by atoms with Crippen LogP contribution in [0.5, 0.6) is 0 Å². The Morgan fingerprint density at radius 1 is 1.20 bits per heavy atom. The Morgan fingerprint density at radius 3 is 2.40 bits per heavy atom. The van der Waals surface area contributed by atoms with Gasteiger partial charge in [-0.2, -0.15) is 0 Å². The fraction of sp³-hybridized carbons (Fsp3) is 0.588. The van der Waals surface area contributed by atoms with Gasteiger partial charge in [-0.05, 0) is 32.9 Å². The SMILES string of the molecule is CC(C)(C)NC(=O)Cc1ccc(N)c(N2CCN(CC(N)=O)CC2)n1. The van der Waals surface area contributed by atoms with E-state index in [9.17, 15) is 9.59 Å². The first-order valence-corrected chi connectivity index (χ1v) is 8.46. The number of anilines is 2. The van der Waals surface area contributed by atoms with Crippen LogP contribution in [0, 0.1) is 0 Å². The summed E-state index contributed by atoms with van der Waals surface area (Å²) in [6.45, 7) is 8.96. The van der Waals surface area contributed by atoms with Gasteiger partial charge in [0.15, 0.2) is 5.82 Å². The molecule has 1 aromatic rings. The van der Waals surface area contributed by atoms with Crippen molar-refractivity contribution in [2.75, 3.05) is 43.4 Å². The Bertz CT molecular complexity index is 633. The van der Waals surface area contributed by atoms with Crippen LogP contribution < -0.4 is 21.7 Å². The number of nitrogen functional groups attached to an aromatic ring is 1. The third-order valence-electron chi connectivity index (χ3n) is 3.87. The first-order chi connectivity index (χ1) is 11.6. The van der Waals surface area contributed by atoms with E-state index in [0.29, 0.717) is 30.3 Å². The fourth-order valence-electron chi connectivity index (χ4n) is 2.82. The number of hydrogen-bond acceptors (Lipinski definition) is 6. The molecular weight excluding hydrogens is 320 g/mol. The number of carbonyl (C=O) groups excluding carboxylic acids is 2. The molecule has 0 bridgehead atoms. The Morgan fingerprint density at radius 2 is 1.84 bits per heavy atom. The summed E-state index contributed by atoms with van der Waals surface area (Å²) in [6.07, 6.45) is 0.214. The molecule has 0 aliphatic carbocycles. The van der Waals surface area contributed by atoms with E-state index < -0.39 is 0 Å². The van der Waals surface area contributed by atoms with Gasteiger partial charge in [0.2, 0.25) is 11.8 Å². The average molecular weight is 348 g/mol. The molecule has 2 heterocycles. The molecular formula is C17H28N6O2. The van der Waals surface area contributed by atoms with Crippen LogP contribution >= 0.6 is 0 Å². The van der Waals surface area contributed by atoms with Crippen molar-refractivity contribution in [1.82, 2.24) is 15.2 Å². The van der Waals surface area contributed by atoms with Crippen molar-refractivity contribution in [1.29, 1.82) is 0 Å². The van der Waals surface area contributed by atoms with E-state index in [0.717, 1.165) is 13.1 Å². The maximum absolute atomic E-state index is 12.1. The third-order valence-corrected chi connectivity index (χ3v) is 3.87. The van der Waals surface area contributed by atoms with Crippen LogP contribution in [0.15, 0.2) is 12.1 Å². The van der Waals surface area contributed by atoms with Crippen molar-refractivity contribution in [2.45, 2.75) is 32.7 Å². The summed E-state index contributed by atoms with van der Waals surface area (Å²) >= 11 is 0. The largest absolute Gasteiger partial charge is 0.396 e. The number of amides is 2. The number of piperazine rings is 1. The monoisotopic (exact) mass is 348 g/mol. The van der Waals surface area contributed by atoms with Gasteiger partial charge in [0, 0.05) is 31.7 Å². The lowest BCUT2D eigenvalue weighted by molar-refractivity contribution is -0.122. The van der Waals surface area contributed by atoms with Gasteiger partial charge in [0.25, 0.3) is 0 Å². The lowest BCUT2D eigenvalue weighted by atomic mass is 10.1. The fourth-order valence-corrected chi connectivity index (χ4v) is 2.82. The Hall–Kier alpha value is -2.35. The number of hydrogen-bond donors (Lipinski definition) is 3. The van der Waals surface area contributed by atoms with Crippen molar-refractivity contribution in [2.24, 2.45) is 5.73 Å². The Balaban J connectivity index is 2.02. The summed E-state index contributed by atoms with van der Waals surface area (Å²) < 4.78 is 0. The number of pyridine rings is 1. The summed E-state index contributed by atoms with van der Waals surface area (Å²) in [6, 6.07) is 3.57. The Labute approximate surface area is 148 Å². The van der Waals surface area contributed by atoms with Crippen LogP contribution in [0.3, 0.4) is 0 Å². The number of aromatic nitrogens is 1. The molecule has 0 spiro atoms. The second kappa shape index (κ2) is 7.69. The zero-order valence-electron chi connectivity index (χ0n) is 15.2.